The smallest absolute Gasteiger partial charge is 0.383 e. The zero-order valence-corrected chi connectivity index (χ0v) is 11.6. The van der Waals surface area contributed by atoms with Gasteiger partial charge in [-0.2, -0.15) is 23.0 Å². The molecule has 22 heavy (non-hydrogen) atoms. The van der Waals surface area contributed by atoms with E-state index in [-0.39, 0.29) is 17.3 Å². The molecule has 0 aliphatic heterocycles. The fourth-order valence-electron chi connectivity index (χ4n) is 2.53. The van der Waals surface area contributed by atoms with E-state index in [1.165, 1.54) is 18.5 Å². The van der Waals surface area contributed by atoms with Crippen LogP contribution in [0.15, 0.2) is 24.0 Å². The van der Waals surface area contributed by atoms with Gasteiger partial charge in [-0.1, -0.05) is 5.57 Å². The SMILES string of the molecule is Nc1c(C=C2CCCC2)c(C(F)(F)F)nn1-c1ncccn1. The lowest BCUT2D eigenvalue weighted by atomic mass is 10.1. The summed E-state index contributed by atoms with van der Waals surface area (Å²) in [4.78, 5) is 7.80. The lowest BCUT2D eigenvalue weighted by molar-refractivity contribution is -0.141. The monoisotopic (exact) mass is 309 g/mol. The maximum atomic E-state index is 13.2. The van der Waals surface area contributed by atoms with Crippen LogP contribution in [-0.2, 0) is 6.18 Å². The summed E-state index contributed by atoms with van der Waals surface area (Å²) in [5, 5.41) is 3.59. The van der Waals surface area contributed by atoms with Gasteiger partial charge in [-0.15, -0.1) is 0 Å². The Morgan fingerprint density at radius 2 is 1.77 bits per heavy atom. The highest BCUT2D eigenvalue weighted by atomic mass is 19.4. The van der Waals surface area contributed by atoms with Crippen molar-refractivity contribution >= 4 is 11.9 Å². The van der Waals surface area contributed by atoms with Crippen molar-refractivity contribution < 1.29 is 13.2 Å². The first-order valence-electron chi connectivity index (χ1n) is 6.89. The number of halogens is 3. The highest BCUT2D eigenvalue weighted by molar-refractivity contribution is 5.67. The second-order valence-corrected chi connectivity index (χ2v) is 5.12. The third-order valence-corrected chi connectivity index (χ3v) is 3.56. The van der Waals surface area contributed by atoms with Crippen LogP contribution < -0.4 is 5.73 Å². The Hall–Kier alpha value is -2.38. The first-order valence-corrected chi connectivity index (χ1v) is 6.89. The maximum absolute atomic E-state index is 13.2. The summed E-state index contributed by atoms with van der Waals surface area (Å²) in [7, 11) is 0. The van der Waals surface area contributed by atoms with Gasteiger partial charge >= 0.3 is 6.18 Å². The van der Waals surface area contributed by atoms with Gasteiger partial charge in [-0.05, 0) is 37.8 Å². The van der Waals surface area contributed by atoms with Gasteiger partial charge < -0.3 is 5.73 Å². The lowest BCUT2D eigenvalue weighted by Crippen LogP contribution is -2.09. The Kier molecular flexibility index (Phi) is 3.59. The van der Waals surface area contributed by atoms with Crippen LogP contribution in [0.2, 0.25) is 0 Å². The van der Waals surface area contributed by atoms with Gasteiger partial charge in [-0.25, -0.2) is 9.97 Å². The summed E-state index contributed by atoms with van der Waals surface area (Å²) in [6.45, 7) is 0. The normalized spacial score (nSPS) is 15.3. The maximum Gasteiger partial charge on any atom is 0.435 e. The molecule has 0 bridgehead atoms. The number of nitrogen functional groups attached to an aromatic ring is 1. The number of hydrogen-bond donors (Lipinski definition) is 1. The molecule has 1 aliphatic rings. The van der Waals surface area contributed by atoms with Crippen LogP contribution in [0.3, 0.4) is 0 Å². The van der Waals surface area contributed by atoms with E-state index < -0.39 is 11.9 Å². The molecule has 0 spiro atoms. The van der Waals surface area contributed by atoms with Gasteiger partial charge in [-0.3, -0.25) is 0 Å². The number of nitrogens with zero attached hydrogens (tertiary/aromatic N) is 4. The number of nitrogens with two attached hydrogens (primary N) is 1. The van der Waals surface area contributed by atoms with Crippen molar-refractivity contribution in [1.82, 2.24) is 19.7 Å². The number of aromatic nitrogens is 4. The highest BCUT2D eigenvalue weighted by Crippen LogP contribution is 2.37. The molecule has 8 heteroatoms. The Bertz CT molecular complexity index is 695. The van der Waals surface area contributed by atoms with Gasteiger partial charge in [0, 0.05) is 18.0 Å². The van der Waals surface area contributed by atoms with E-state index in [9.17, 15) is 13.2 Å². The fraction of sp³-hybridized carbons (Fsp3) is 0.357. The van der Waals surface area contributed by atoms with E-state index in [0.29, 0.717) is 0 Å². The molecule has 2 aromatic rings. The molecular weight excluding hydrogens is 295 g/mol. The van der Waals surface area contributed by atoms with E-state index in [4.69, 9.17) is 5.73 Å². The minimum absolute atomic E-state index is 0.0153. The molecule has 0 aromatic carbocycles. The van der Waals surface area contributed by atoms with Crippen molar-refractivity contribution in [2.24, 2.45) is 0 Å². The van der Waals surface area contributed by atoms with Crippen molar-refractivity contribution in [3.8, 4) is 5.95 Å². The standard InChI is InChI=1S/C14H14F3N5/c15-14(16,17)11-10(8-9-4-1-2-5-9)12(18)22(21-11)13-19-6-3-7-20-13/h3,6-8H,1-2,4-5,18H2. The molecule has 116 valence electrons. The summed E-state index contributed by atoms with van der Waals surface area (Å²) in [5.41, 5.74) is 5.75. The van der Waals surface area contributed by atoms with Crippen molar-refractivity contribution in [2.45, 2.75) is 31.9 Å². The molecule has 2 heterocycles. The molecule has 1 saturated carbocycles. The fourth-order valence-corrected chi connectivity index (χ4v) is 2.53. The van der Waals surface area contributed by atoms with Crippen LogP contribution in [-0.4, -0.2) is 19.7 Å². The zero-order chi connectivity index (χ0) is 15.7. The van der Waals surface area contributed by atoms with Crippen LogP contribution in [0.4, 0.5) is 19.0 Å². The van der Waals surface area contributed by atoms with Gasteiger partial charge in [0.2, 0.25) is 0 Å². The van der Waals surface area contributed by atoms with Crippen LogP contribution in [0.1, 0.15) is 36.9 Å². The summed E-state index contributed by atoms with van der Waals surface area (Å²) in [5.74, 6) is -0.0838. The summed E-state index contributed by atoms with van der Waals surface area (Å²) >= 11 is 0. The summed E-state index contributed by atoms with van der Waals surface area (Å²) < 4.78 is 40.6. The number of allylic oxidation sites excluding steroid dienone is 1. The second-order valence-electron chi connectivity index (χ2n) is 5.12. The largest absolute Gasteiger partial charge is 0.435 e. The Balaban J connectivity index is 2.15. The Morgan fingerprint density at radius 3 is 2.36 bits per heavy atom. The van der Waals surface area contributed by atoms with Crippen molar-refractivity contribution in [3.63, 3.8) is 0 Å². The van der Waals surface area contributed by atoms with E-state index >= 15 is 0 Å². The number of hydrogen-bond acceptors (Lipinski definition) is 4. The zero-order valence-electron chi connectivity index (χ0n) is 11.6. The molecule has 0 radical (unpaired) electrons. The second kappa shape index (κ2) is 5.43. The molecule has 0 unspecified atom stereocenters. The van der Waals surface area contributed by atoms with E-state index in [2.05, 4.69) is 15.1 Å². The average Bonchev–Trinajstić information content (AvgIpc) is 3.09. The molecule has 0 amide bonds. The van der Waals surface area contributed by atoms with Gasteiger partial charge in [0.1, 0.15) is 5.82 Å². The number of alkyl halides is 3. The molecule has 1 fully saturated rings. The van der Waals surface area contributed by atoms with Crippen LogP contribution in [0.5, 0.6) is 0 Å². The van der Waals surface area contributed by atoms with Crippen LogP contribution in [0.25, 0.3) is 12.0 Å². The van der Waals surface area contributed by atoms with E-state index in [0.717, 1.165) is 35.9 Å². The topological polar surface area (TPSA) is 69.6 Å². The predicted octanol–water partition coefficient (Wildman–Crippen LogP) is 3.22. The first-order chi connectivity index (χ1) is 10.5. The van der Waals surface area contributed by atoms with Crippen molar-refractivity contribution in [2.75, 3.05) is 5.73 Å². The first kappa shape index (κ1) is 14.6. The quantitative estimate of drug-likeness (QED) is 0.924. The van der Waals surface area contributed by atoms with E-state index in [1.807, 2.05) is 0 Å². The summed E-state index contributed by atoms with van der Waals surface area (Å²) in [6.07, 6.45) is 3.34. The van der Waals surface area contributed by atoms with E-state index in [1.54, 1.807) is 6.07 Å². The highest BCUT2D eigenvalue weighted by Gasteiger charge is 2.39. The Labute approximate surface area is 124 Å². The molecule has 5 nitrogen and oxygen atoms in total. The molecule has 2 aromatic heterocycles. The molecule has 1 aliphatic carbocycles. The third-order valence-electron chi connectivity index (χ3n) is 3.56. The molecule has 0 saturated heterocycles. The number of rotatable bonds is 2. The minimum Gasteiger partial charge on any atom is -0.383 e. The molecule has 0 atom stereocenters. The van der Waals surface area contributed by atoms with Crippen LogP contribution in [0, 0.1) is 0 Å². The van der Waals surface area contributed by atoms with Crippen molar-refractivity contribution in [3.05, 3.63) is 35.3 Å². The third kappa shape index (κ3) is 2.68. The minimum atomic E-state index is -4.58. The van der Waals surface area contributed by atoms with Crippen LogP contribution >= 0.6 is 0 Å². The average molecular weight is 309 g/mol. The molecule has 2 N–H and O–H groups in total. The molecule has 3 rings (SSSR count). The Morgan fingerprint density at radius 1 is 1.14 bits per heavy atom. The van der Waals surface area contributed by atoms with Crippen molar-refractivity contribution in [1.29, 1.82) is 0 Å². The van der Waals surface area contributed by atoms with Gasteiger partial charge in [0.25, 0.3) is 5.95 Å². The number of anilines is 1. The summed E-state index contributed by atoms with van der Waals surface area (Å²) in [6, 6.07) is 1.56. The predicted molar refractivity (Wildman–Crippen MR) is 75.0 cm³/mol. The van der Waals surface area contributed by atoms with Gasteiger partial charge in [0.05, 0.1) is 0 Å². The van der Waals surface area contributed by atoms with Gasteiger partial charge in [0.15, 0.2) is 5.69 Å². The lowest BCUT2D eigenvalue weighted by Gasteiger charge is -2.04. The molecular formula is C14H14F3N5.